The lowest BCUT2D eigenvalue weighted by atomic mass is 10.1. The first-order valence-corrected chi connectivity index (χ1v) is 10.1. The smallest absolute Gasteiger partial charge is 0.251 e. The Bertz CT molecular complexity index is 878. The average molecular weight is 398 g/mol. The van der Waals surface area contributed by atoms with Crippen molar-refractivity contribution in [1.29, 1.82) is 0 Å². The van der Waals surface area contributed by atoms with Gasteiger partial charge in [0.15, 0.2) is 0 Å². The molecular formula is C22H27N3O2S. The zero-order valence-corrected chi connectivity index (χ0v) is 17.4. The number of carbonyl (C=O) groups is 1. The minimum absolute atomic E-state index is 0.111. The number of hydrogen-bond donors (Lipinski definition) is 3. The molecule has 1 heterocycles. The molecular weight excluding hydrogens is 370 g/mol. The predicted octanol–water partition coefficient (Wildman–Crippen LogP) is 4.20. The summed E-state index contributed by atoms with van der Waals surface area (Å²) in [7, 11) is 0. The molecule has 1 aliphatic heterocycles. The van der Waals surface area contributed by atoms with Gasteiger partial charge >= 0.3 is 0 Å². The largest absolute Gasteiger partial charge is 0.394 e. The van der Waals surface area contributed by atoms with Gasteiger partial charge in [-0.15, -0.1) is 0 Å². The average Bonchev–Trinajstić information content (AvgIpc) is 3.10. The van der Waals surface area contributed by atoms with Crippen LogP contribution in [0.1, 0.15) is 36.7 Å². The second-order valence-corrected chi connectivity index (χ2v) is 8.58. The van der Waals surface area contributed by atoms with E-state index in [4.69, 9.17) is 0 Å². The van der Waals surface area contributed by atoms with Crippen LogP contribution in [0.4, 0.5) is 11.4 Å². The van der Waals surface area contributed by atoms with Crippen LogP contribution in [0.15, 0.2) is 59.6 Å². The predicted molar refractivity (Wildman–Crippen MR) is 117 cm³/mol. The summed E-state index contributed by atoms with van der Waals surface area (Å²) in [6, 6.07) is 13.8. The summed E-state index contributed by atoms with van der Waals surface area (Å²) in [6.07, 6.45) is 1.03. The highest BCUT2D eigenvalue weighted by Gasteiger charge is 2.20. The second kappa shape index (κ2) is 8.29. The summed E-state index contributed by atoms with van der Waals surface area (Å²) in [4.78, 5) is 15.6. The van der Waals surface area contributed by atoms with E-state index in [1.54, 1.807) is 37.9 Å². The molecule has 2 aromatic carbocycles. The number of aliphatic hydroxyl groups is 1. The van der Waals surface area contributed by atoms with Gasteiger partial charge in [-0.25, -0.2) is 0 Å². The van der Waals surface area contributed by atoms with Gasteiger partial charge in [0.05, 0.1) is 12.1 Å². The lowest BCUT2D eigenvalue weighted by molar-refractivity contribution is 0.0869. The lowest BCUT2D eigenvalue weighted by Gasteiger charge is -2.23. The normalized spacial score (nSPS) is 13.2. The first kappa shape index (κ1) is 20.3. The number of fused-ring (bicyclic) bond motifs is 1. The summed E-state index contributed by atoms with van der Waals surface area (Å²) in [5, 5.41) is 12.1. The van der Waals surface area contributed by atoms with E-state index in [0.29, 0.717) is 5.56 Å². The van der Waals surface area contributed by atoms with Crippen LogP contribution in [-0.2, 0) is 6.42 Å². The van der Waals surface area contributed by atoms with E-state index in [1.165, 1.54) is 11.3 Å². The van der Waals surface area contributed by atoms with Crippen molar-refractivity contribution in [3.63, 3.8) is 0 Å². The van der Waals surface area contributed by atoms with E-state index in [0.717, 1.165) is 29.2 Å². The van der Waals surface area contributed by atoms with Gasteiger partial charge in [-0.3, -0.25) is 4.79 Å². The number of rotatable bonds is 7. The maximum Gasteiger partial charge on any atom is 0.251 e. The molecule has 0 saturated carbocycles. The van der Waals surface area contributed by atoms with Gasteiger partial charge in [-0.05, 0) is 87.2 Å². The molecule has 3 rings (SSSR count). The quantitative estimate of drug-likeness (QED) is 0.611. The molecule has 1 aliphatic rings. The van der Waals surface area contributed by atoms with E-state index in [-0.39, 0.29) is 12.5 Å². The van der Waals surface area contributed by atoms with Crippen LogP contribution in [0.2, 0.25) is 0 Å². The molecule has 148 valence electrons. The van der Waals surface area contributed by atoms with Crippen LogP contribution in [-0.4, -0.2) is 29.7 Å². The van der Waals surface area contributed by atoms with Gasteiger partial charge in [0.2, 0.25) is 0 Å². The van der Waals surface area contributed by atoms with Gasteiger partial charge in [0, 0.05) is 34.1 Å². The summed E-state index contributed by atoms with van der Waals surface area (Å²) in [5.41, 5.74) is 4.51. The fraction of sp³-hybridized carbons (Fsp3) is 0.318. The Balaban J connectivity index is 1.60. The molecule has 0 unspecified atom stereocenters. The third kappa shape index (κ3) is 4.69. The van der Waals surface area contributed by atoms with Gasteiger partial charge < -0.3 is 20.0 Å². The third-order valence-electron chi connectivity index (χ3n) is 4.69. The van der Waals surface area contributed by atoms with Crippen molar-refractivity contribution in [2.45, 2.75) is 37.6 Å². The molecule has 3 N–H and O–H groups in total. The first-order valence-electron chi connectivity index (χ1n) is 9.31. The molecule has 0 fully saturated rings. The number of benzene rings is 2. The lowest BCUT2D eigenvalue weighted by Crippen LogP contribution is -2.46. The van der Waals surface area contributed by atoms with Crippen LogP contribution >= 0.6 is 11.9 Å². The highest BCUT2D eigenvalue weighted by molar-refractivity contribution is 8.00. The minimum Gasteiger partial charge on any atom is -0.394 e. The monoisotopic (exact) mass is 397 g/mol. The number of nitrogens with one attached hydrogen (secondary N) is 2. The van der Waals surface area contributed by atoms with Crippen LogP contribution in [0.3, 0.4) is 0 Å². The van der Waals surface area contributed by atoms with Crippen LogP contribution in [0.25, 0.3) is 0 Å². The Morgan fingerprint density at radius 2 is 1.96 bits per heavy atom. The van der Waals surface area contributed by atoms with Crippen molar-refractivity contribution in [2.24, 2.45) is 0 Å². The van der Waals surface area contributed by atoms with Crippen molar-refractivity contribution in [3.05, 3.63) is 65.9 Å². The number of aliphatic hydroxyl groups excluding tert-OH is 1. The summed E-state index contributed by atoms with van der Waals surface area (Å²) in [6.45, 7) is 10.5. The number of nitrogens with zero attached hydrogens (tertiary/aromatic N) is 1. The molecule has 0 saturated heterocycles. The van der Waals surface area contributed by atoms with E-state index < -0.39 is 5.54 Å². The van der Waals surface area contributed by atoms with Crippen molar-refractivity contribution < 1.29 is 9.90 Å². The maximum absolute atomic E-state index is 12.2. The molecule has 0 radical (unpaired) electrons. The minimum atomic E-state index is -0.642. The van der Waals surface area contributed by atoms with Crippen molar-refractivity contribution >= 4 is 29.2 Å². The molecule has 2 aromatic rings. The summed E-state index contributed by atoms with van der Waals surface area (Å²) < 4.78 is 3.33. The molecule has 0 bridgehead atoms. The highest BCUT2D eigenvalue weighted by atomic mass is 32.2. The Morgan fingerprint density at radius 3 is 2.61 bits per heavy atom. The first-order chi connectivity index (χ1) is 13.3. The molecule has 0 aromatic heterocycles. The number of hydrogen-bond acceptors (Lipinski definition) is 5. The van der Waals surface area contributed by atoms with Crippen molar-refractivity contribution in [2.75, 3.05) is 22.8 Å². The maximum atomic E-state index is 12.2. The number of carbonyl (C=O) groups excluding carboxylic acids is 1. The second-order valence-electron chi connectivity index (χ2n) is 7.71. The number of allylic oxidation sites excluding steroid dienone is 1. The summed E-state index contributed by atoms with van der Waals surface area (Å²) in [5.74, 6) is -0.195. The Hall–Kier alpha value is -2.44. The Morgan fingerprint density at radius 1 is 1.25 bits per heavy atom. The molecule has 1 amide bonds. The molecule has 28 heavy (non-hydrogen) atoms. The van der Waals surface area contributed by atoms with Crippen LogP contribution < -0.4 is 14.9 Å². The third-order valence-corrected chi connectivity index (χ3v) is 5.52. The van der Waals surface area contributed by atoms with E-state index >= 15 is 0 Å². The molecule has 0 atom stereocenters. The van der Waals surface area contributed by atoms with Gasteiger partial charge in [0.1, 0.15) is 0 Å². The number of amides is 1. The summed E-state index contributed by atoms with van der Waals surface area (Å²) >= 11 is 1.55. The van der Waals surface area contributed by atoms with E-state index in [1.807, 2.05) is 19.1 Å². The van der Waals surface area contributed by atoms with Gasteiger partial charge in [-0.1, -0.05) is 6.58 Å². The van der Waals surface area contributed by atoms with Crippen molar-refractivity contribution in [1.82, 2.24) is 5.32 Å². The number of anilines is 2. The molecule has 0 aliphatic carbocycles. The molecule has 6 heteroatoms. The Labute approximate surface area is 171 Å². The SMILES string of the molecule is C=C(C)N1CCc2cc(SNc3ccc(C(=O)NC(C)(C)CO)cc3)ccc21. The van der Waals surface area contributed by atoms with Crippen molar-refractivity contribution in [3.8, 4) is 0 Å². The van der Waals surface area contributed by atoms with E-state index in [2.05, 4.69) is 39.7 Å². The zero-order chi connectivity index (χ0) is 20.3. The van der Waals surface area contributed by atoms with Crippen LogP contribution in [0.5, 0.6) is 0 Å². The standard InChI is InChI=1S/C22H27N3O2S/c1-15(2)25-12-11-17-13-19(9-10-20(17)25)28-24-18-7-5-16(6-8-18)21(27)23-22(3,4)14-26/h5-10,13,24,26H,1,11-12,14H2,2-4H3,(H,23,27). The fourth-order valence-corrected chi connectivity index (χ4v) is 3.77. The molecule has 5 nitrogen and oxygen atoms in total. The zero-order valence-electron chi connectivity index (χ0n) is 16.6. The highest BCUT2D eigenvalue weighted by Crippen LogP contribution is 2.34. The van der Waals surface area contributed by atoms with Gasteiger partial charge in [-0.2, -0.15) is 0 Å². The fourth-order valence-electron chi connectivity index (χ4n) is 3.06. The topological polar surface area (TPSA) is 64.6 Å². The molecule has 0 spiro atoms. The van der Waals surface area contributed by atoms with Crippen LogP contribution in [0, 0.1) is 0 Å². The van der Waals surface area contributed by atoms with E-state index in [9.17, 15) is 9.90 Å². The van der Waals surface area contributed by atoms with Gasteiger partial charge in [0.25, 0.3) is 5.91 Å². The Kier molecular flexibility index (Phi) is 6.01.